The van der Waals surface area contributed by atoms with E-state index in [-0.39, 0.29) is 0 Å². The average Bonchev–Trinajstić information content (AvgIpc) is 3.00. The molecule has 2 aromatic heterocycles. The highest BCUT2D eigenvalue weighted by Crippen LogP contribution is 2.28. The van der Waals surface area contributed by atoms with Crippen molar-refractivity contribution in [3.63, 3.8) is 0 Å². The van der Waals surface area contributed by atoms with Crippen molar-refractivity contribution in [1.82, 2.24) is 14.5 Å². The van der Waals surface area contributed by atoms with Crippen molar-refractivity contribution in [1.29, 1.82) is 0 Å². The molecule has 0 saturated heterocycles. The first kappa shape index (κ1) is 21.0. The van der Waals surface area contributed by atoms with Crippen LogP contribution in [0.5, 0.6) is 0 Å². The number of anilines is 1. The molecule has 1 aromatic carbocycles. The van der Waals surface area contributed by atoms with Gasteiger partial charge in [0, 0.05) is 13.7 Å². The molecule has 7 nitrogen and oxygen atoms in total. The van der Waals surface area contributed by atoms with Gasteiger partial charge in [-0.1, -0.05) is 51.2 Å². The zero-order valence-electron chi connectivity index (χ0n) is 17.3. The van der Waals surface area contributed by atoms with Gasteiger partial charge in [-0.3, -0.25) is 0 Å². The number of methoxy groups -OCH3 is 1. The fourth-order valence-electron chi connectivity index (χ4n) is 3.45. The van der Waals surface area contributed by atoms with E-state index in [9.17, 15) is 4.79 Å². The van der Waals surface area contributed by atoms with E-state index < -0.39 is 5.97 Å². The second-order valence-electron chi connectivity index (χ2n) is 7.19. The quantitative estimate of drug-likeness (QED) is 0.382. The summed E-state index contributed by atoms with van der Waals surface area (Å²) in [5.41, 5.74) is 9.14. The molecule has 0 aliphatic heterocycles. The second-order valence-corrected chi connectivity index (χ2v) is 7.19. The van der Waals surface area contributed by atoms with Gasteiger partial charge in [0.1, 0.15) is 16.9 Å². The number of hydrogen-bond acceptors (Lipinski definition) is 6. The summed E-state index contributed by atoms with van der Waals surface area (Å²) < 4.78 is 12.5. The minimum Gasteiger partial charge on any atom is -0.462 e. The van der Waals surface area contributed by atoms with Crippen molar-refractivity contribution in [3.8, 4) is 0 Å². The molecule has 2 heterocycles. The van der Waals surface area contributed by atoms with E-state index >= 15 is 0 Å². The van der Waals surface area contributed by atoms with E-state index in [1.54, 1.807) is 11.7 Å². The smallest absolute Gasteiger partial charge is 0.344 e. The summed E-state index contributed by atoms with van der Waals surface area (Å²) in [5, 5.41) is 0. The first-order valence-corrected chi connectivity index (χ1v) is 10.4. The Kier molecular flexibility index (Phi) is 7.41. The number of ether oxygens (including phenoxy) is 2. The van der Waals surface area contributed by atoms with Crippen molar-refractivity contribution < 1.29 is 14.3 Å². The molecule has 0 fully saturated rings. The number of hydrogen-bond donors (Lipinski definition) is 1. The third kappa shape index (κ3) is 4.85. The Labute approximate surface area is 171 Å². The number of para-hydroxylation sites is 2. The Morgan fingerprint density at radius 3 is 2.45 bits per heavy atom. The van der Waals surface area contributed by atoms with Gasteiger partial charge in [-0.05, 0) is 18.6 Å². The molecule has 0 aliphatic rings. The SMILES string of the molecule is CCCCCCCCOC(=O)c1c(N)n(CCOC)c2nc3ccccc3nc12. The highest BCUT2D eigenvalue weighted by atomic mass is 16.5. The van der Waals surface area contributed by atoms with Crippen molar-refractivity contribution >= 4 is 34.0 Å². The Morgan fingerprint density at radius 2 is 1.72 bits per heavy atom. The fourth-order valence-corrected chi connectivity index (χ4v) is 3.45. The molecular weight excluding hydrogens is 368 g/mol. The molecule has 0 radical (unpaired) electrons. The molecule has 0 amide bonds. The van der Waals surface area contributed by atoms with Crippen molar-refractivity contribution in [3.05, 3.63) is 29.8 Å². The number of carbonyl (C=O) groups is 1. The van der Waals surface area contributed by atoms with Gasteiger partial charge in [-0.25, -0.2) is 14.8 Å². The molecule has 0 aliphatic carbocycles. The lowest BCUT2D eigenvalue weighted by molar-refractivity contribution is 0.0500. The summed E-state index contributed by atoms with van der Waals surface area (Å²) in [6.45, 7) is 3.52. The van der Waals surface area contributed by atoms with Crippen LogP contribution in [0.3, 0.4) is 0 Å². The van der Waals surface area contributed by atoms with Crippen molar-refractivity contribution in [2.45, 2.75) is 52.0 Å². The molecule has 0 atom stereocenters. The highest BCUT2D eigenvalue weighted by molar-refractivity contribution is 6.08. The van der Waals surface area contributed by atoms with Crippen LogP contribution in [0.2, 0.25) is 0 Å². The number of nitrogen functional groups attached to an aromatic ring is 1. The van der Waals surface area contributed by atoms with E-state index in [1.165, 1.54) is 25.7 Å². The summed E-state index contributed by atoms with van der Waals surface area (Å²) in [4.78, 5) is 22.2. The number of nitrogens with two attached hydrogens (primary N) is 1. The Balaban J connectivity index is 1.83. The third-order valence-corrected chi connectivity index (χ3v) is 5.05. The van der Waals surface area contributed by atoms with Crippen molar-refractivity contribution in [2.75, 3.05) is 26.1 Å². The third-order valence-electron chi connectivity index (χ3n) is 5.05. The van der Waals surface area contributed by atoms with Gasteiger partial charge in [-0.15, -0.1) is 0 Å². The molecular formula is C22H30N4O3. The van der Waals surface area contributed by atoms with E-state index in [4.69, 9.17) is 15.2 Å². The predicted octanol–water partition coefficient (Wildman–Crippen LogP) is 4.33. The molecule has 0 unspecified atom stereocenters. The molecule has 29 heavy (non-hydrogen) atoms. The van der Waals surface area contributed by atoms with Gasteiger partial charge in [0.05, 0.1) is 24.2 Å². The average molecular weight is 399 g/mol. The second kappa shape index (κ2) is 10.2. The van der Waals surface area contributed by atoms with Gasteiger partial charge >= 0.3 is 5.97 Å². The molecule has 7 heteroatoms. The number of esters is 1. The summed E-state index contributed by atoms with van der Waals surface area (Å²) in [6.07, 6.45) is 6.78. The van der Waals surface area contributed by atoms with Gasteiger partial charge < -0.3 is 19.8 Å². The van der Waals surface area contributed by atoms with E-state index in [1.807, 2.05) is 24.3 Å². The molecule has 0 saturated carbocycles. The predicted molar refractivity (Wildman–Crippen MR) is 115 cm³/mol. The van der Waals surface area contributed by atoms with Crippen LogP contribution in [0, 0.1) is 0 Å². The monoisotopic (exact) mass is 398 g/mol. The van der Waals surface area contributed by atoms with Crippen LogP contribution in [0.15, 0.2) is 24.3 Å². The maximum Gasteiger partial charge on any atom is 0.344 e. The molecule has 3 rings (SSSR count). The van der Waals surface area contributed by atoms with Gasteiger partial charge in [0.2, 0.25) is 0 Å². The normalized spacial score (nSPS) is 11.4. The Morgan fingerprint density at radius 1 is 1.03 bits per heavy atom. The zero-order chi connectivity index (χ0) is 20.6. The van der Waals surface area contributed by atoms with Crippen LogP contribution in [0.4, 0.5) is 5.82 Å². The van der Waals surface area contributed by atoms with Gasteiger partial charge in [-0.2, -0.15) is 0 Å². The summed E-state index contributed by atoms with van der Waals surface area (Å²) >= 11 is 0. The van der Waals surface area contributed by atoms with E-state index in [0.29, 0.717) is 47.8 Å². The number of unbranched alkanes of at least 4 members (excludes halogenated alkanes) is 5. The van der Waals surface area contributed by atoms with Crippen molar-refractivity contribution in [2.24, 2.45) is 0 Å². The first-order valence-electron chi connectivity index (χ1n) is 10.4. The van der Waals surface area contributed by atoms with E-state index in [0.717, 1.165) is 18.4 Å². The lowest BCUT2D eigenvalue weighted by Crippen LogP contribution is -2.12. The van der Waals surface area contributed by atoms with Crippen LogP contribution in [0.25, 0.3) is 22.2 Å². The highest BCUT2D eigenvalue weighted by Gasteiger charge is 2.24. The fraction of sp³-hybridized carbons (Fsp3) is 0.500. The molecule has 0 spiro atoms. The van der Waals surface area contributed by atoms with Gasteiger partial charge in [0.25, 0.3) is 0 Å². The number of rotatable bonds is 11. The maximum atomic E-state index is 12.8. The standard InChI is InChI=1S/C22H30N4O3/c1-3-4-5-6-7-10-14-29-22(27)18-19-21(26(20(18)23)13-15-28-2)25-17-12-9-8-11-16(17)24-19/h8-9,11-12H,3-7,10,13-15,23H2,1-2H3. The Bertz CT molecular complexity index is 967. The largest absolute Gasteiger partial charge is 0.462 e. The minimum atomic E-state index is -0.443. The summed E-state index contributed by atoms with van der Waals surface area (Å²) in [5.74, 6) is -0.123. The molecule has 156 valence electrons. The lowest BCUT2D eigenvalue weighted by Gasteiger charge is -2.07. The minimum absolute atomic E-state index is 0.292. The molecule has 2 N–H and O–H groups in total. The van der Waals surface area contributed by atoms with Crippen LogP contribution >= 0.6 is 0 Å². The number of nitrogens with zero attached hydrogens (tertiary/aromatic N) is 3. The molecule has 0 bridgehead atoms. The number of fused-ring (bicyclic) bond motifs is 2. The van der Waals surface area contributed by atoms with Gasteiger partial charge in [0.15, 0.2) is 5.65 Å². The van der Waals surface area contributed by atoms with E-state index in [2.05, 4.69) is 16.9 Å². The number of carbonyl (C=O) groups excluding carboxylic acids is 1. The first-order chi connectivity index (χ1) is 14.2. The van der Waals surface area contributed by atoms with Crippen LogP contribution in [-0.4, -0.2) is 40.8 Å². The Hall–Kier alpha value is -2.67. The molecule has 3 aromatic rings. The number of benzene rings is 1. The lowest BCUT2D eigenvalue weighted by atomic mass is 10.1. The zero-order valence-corrected chi connectivity index (χ0v) is 17.3. The summed E-state index contributed by atoms with van der Waals surface area (Å²) in [6, 6.07) is 7.56. The van der Waals surface area contributed by atoms with Crippen LogP contribution < -0.4 is 5.73 Å². The number of aromatic nitrogens is 3. The van der Waals surface area contributed by atoms with Crippen LogP contribution in [0.1, 0.15) is 55.8 Å². The topological polar surface area (TPSA) is 92.3 Å². The maximum absolute atomic E-state index is 12.8. The summed E-state index contributed by atoms with van der Waals surface area (Å²) in [7, 11) is 1.62. The van der Waals surface area contributed by atoms with Crippen LogP contribution in [-0.2, 0) is 16.0 Å².